The largest absolute Gasteiger partial charge is 0.391 e. The first-order valence-corrected chi connectivity index (χ1v) is 9.90. The fourth-order valence-corrected chi connectivity index (χ4v) is 3.84. The Morgan fingerprint density at radius 2 is 2.00 bits per heavy atom. The highest BCUT2D eigenvalue weighted by Gasteiger charge is 2.27. The predicted molar refractivity (Wildman–Crippen MR) is 112 cm³/mol. The van der Waals surface area contributed by atoms with Crippen molar-refractivity contribution >= 4 is 22.9 Å². The highest BCUT2D eigenvalue weighted by Crippen LogP contribution is 2.35. The van der Waals surface area contributed by atoms with Crippen LogP contribution in [-0.2, 0) is 6.54 Å². The van der Waals surface area contributed by atoms with Crippen LogP contribution < -0.4 is 10.6 Å². The highest BCUT2D eigenvalue weighted by molar-refractivity contribution is 6.30. The molecule has 10 heteroatoms. The van der Waals surface area contributed by atoms with Gasteiger partial charge in [0, 0.05) is 36.1 Å². The molecule has 1 fully saturated rings. The Kier molecular flexibility index (Phi) is 4.68. The Morgan fingerprint density at radius 1 is 1.17 bits per heavy atom. The summed E-state index contributed by atoms with van der Waals surface area (Å²) in [6.07, 6.45) is 6.63. The Bertz CT molecular complexity index is 1250. The van der Waals surface area contributed by atoms with Crippen molar-refractivity contribution in [3.05, 3.63) is 70.3 Å². The number of nitrogens with zero attached hydrogens (tertiary/aromatic N) is 7. The van der Waals surface area contributed by atoms with Gasteiger partial charge in [-0.25, -0.2) is 9.48 Å². The summed E-state index contributed by atoms with van der Waals surface area (Å²) in [5.41, 5.74) is 3.19. The van der Waals surface area contributed by atoms with Crippen molar-refractivity contribution in [2.75, 3.05) is 18.0 Å². The van der Waals surface area contributed by atoms with Gasteiger partial charge in [-0.2, -0.15) is 9.61 Å². The van der Waals surface area contributed by atoms with E-state index in [1.54, 1.807) is 24.8 Å². The molecule has 0 amide bonds. The van der Waals surface area contributed by atoms with Crippen LogP contribution in [0.25, 0.3) is 16.8 Å². The maximum atomic E-state index is 12.9. The van der Waals surface area contributed by atoms with Gasteiger partial charge in [-0.15, -0.1) is 5.10 Å². The van der Waals surface area contributed by atoms with Gasteiger partial charge in [0.2, 0.25) is 5.65 Å². The quantitative estimate of drug-likeness (QED) is 0.532. The lowest BCUT2D eigenvalue weighted by molar-refractivity contribution is 0.198. The maximum absolute atomic E-state index is 12.9. The van der Waals surface area contributed by atoms with Crippen molar-refractivity contribution in [2.24, 2.45) is 0 Å². The first-order valence-electron chi connectivity index (χ1n) is 9.53. The van der Waals surface area contributed by atoms with Gasteiger partial charge in [-0.1, -0.05) is 23.7 Å². The van der Waals surface area contributed by atoms with Gasteiger partial charge in [0.25, 0.3) is 0 Å². The number of rotatable bonds is 4. The second-order valence-corrected chi connectivity index (χ2v) is 7.61. The van der Waals surface area contributed by atoms with Crippen LogP contribution in [0.3, 0.4) is 0 Å². The van der Waals surface area contributed by atoms with E-state index >= 15 is 0 Å². The van der Waals surface area contributed by atoms with Gasteiger partial charge in [0.1, 0.15) is 0 Å². The Labute approximate surface area is 176 Å². The molecule has 152 valence electrons. The van der Waals surface area contributed by atoms with Crippen LogP contribution in [0, 0.1) is 0 Å². The number of aromatic nitrogens is 6. The summed E-state index contributed by atoms with van der Waals surface area (Å²) in [5.74, 6) is 0. The van der Waals surface area contributed by atoms with Crippen LogP contribution in [0.1, 0.15) is 12.1 Å². The number of aliphatic hydroxyl groups is 1. The molecule has 0 spiro atoms. The zero-order chi connectivity index (χ0) is 20.7. The third kappa shape index (κ3) is 3.31. The van der Waals surface area contributed by atoms with E-state index in [1.807, 2.05) is 29.2 Å². The second kappa shape index (κ2) is 7.51. The SMILES string of the molecule is O=c1n(Cc2cnccn2)nc2c(N3CCC(O)C3)c(-c3ccc(Cl)cc3)cnn12. The molecule has 0 aliphatic carbocycles. The summed E-state index contributed by atoms with van der Waals surface area (Å²) in [6.45, 7) is 1.31. The van der Waals surface area contributed by atoms with Crippen LogP contribution in [-0.4, -0.2) is 53.7 Å². The number of β-amino-alcohol motifs (C(OH)–C–C–N with tert-alkyl or cyclic N) is 1. The van der Waals surface area contributed by atoms with Crippen molar-refractivity contribution in [1.82, 2.24) is 29.4 Å². The van der Waals surface area contributed by atoms with Crippen LogP contribution in [0.15, 0.2) is 53.8 Å². The van der Waals surface area contributed by atoms with Gasteiger partial charge in [0.15, 0.2) is 0 Å². The molecule has 4 heterocycles. The number of benzene rings is 1. The van der Waals surface area contributed by atoms with Crippen LogP contribution in [0.2, 0.25) is 5.02 Å². The lowest BCUT2D eigenvalue weighted by Crippen LogP contribution is -2.25. The van der Waals surface area contributed by atoms with Gasteiger partial charge < -0.3 is 10.0 Å². The van der Waals surface area contributed by atoms with Crippen molar-refractivity contribution in [3.63, 3.8) is 0 Å². The van der Waals surface area contributed by atoms with Gasteiger partial charge in [-0.3, -0.25) is 9.97 Å². The lowest BCUT2D eigenvalue weighted by atomic mass is 10.1. The summed E-state index contributed by atoms with van der Waals surface area (Å²) >= 11 is 6.05. The van der Waals surface area contributed by atoms with E-state index in [1.165, 1.54) is 9.20 Å². The smallest absolute Gasteiger partial charge is 0.367 e. The maximum Gasteiger partial charge on any atom is 0.367 e. The van der Waals surface area contributed by atoms with Crippen molar-refractivity contribution in [2.45, 2.75) is 19.1 Å². The fraction of sp³-hybridized carbons (Fsp3) is 0.250. The normalized spacial score (nSPS) is 16.5. The molecule has 0 radical (unpaired) electrons. The van der Waals surface area contributed by atoms with E-state index in [0.717, 1.165) is 16.8 Å². The molecule has 1 atom stereocenters. The molecule has 1 saturated heterocycles. The lowest BCUT2D eigenvalue weighted by Gasteiger charge is -2.21. The third-order valence-electron chi connectivity index (χ3n) is 5.15. The summed E-state index contributed by atoms with van der Waals surface area (Å²) < 4.78 is 2.61. The van der Waals surface area contributed by atoms with Crippen molar-refractivity contribution < 1.29 is 5.11 Å². The molecule has 4 aromatic rings. The first-order chi connectivity index (χ1) is 14.6. The molecular weight excluding hydrogens is 406 g/mol. The van der Waals surface area contributed by atoms with E-state index in [2.05, 4.69) is 20.2 Å². The molecule has 1 aromatic carbocycles. The third-order valence-corrected chi connectivity index (χ3v) is 5.40. The van der Waals surface area contributed by atoms with E-state index in [0.29, 0.717) is 35.9 Å². The van der Waals surface area contributed by atoms with Gasteiger partial charge in [-0.05, 0) is 24.1 Å². The second-order valence-electron chi connectivity index (χ2n) is 7.17. The number of fused-ring (bicyclic) bond motifs is 1. The van der Waals surface area contributed by atoms with E-state index < -0.39 is 6.10 Å². The molecule has 5 rings (SSSR count). The molecule has 0 saturated carbocycles. The zero-order valence-corrected chi connectivity index (χ0v) is 16.6. The molecule has 0 bridgehead atoms. The average Bonchev–Trinajstić information content (AvgIpc) is 3.32. The first kappa shape index (κ1) is 18.7. The van der Waals surface area contributed by atoms with E-state index in [9.17, 15) is 9.90 Å². The fourth-order valence-electron chi connectivity index (χ4n) is 3.71. The number of aliphatic hydroxyl groups excluding tert-OH is 1. The minimum atomic E-state index is -0.426. The predicted octanol–water partition coefficient (Wildman–Crippen LogP) is 1.62. The Balaban J connectivity index is 1.69. The van der Waals surface area contributed by atoms with Crippen LogP contribution in [0.5, 0.6) is 0 Å². The minimum Gasteiger partial charge on any atom is -0.391 e. The van der Waals surface area contributed by atoms with E-state index in [4.69, 9.17) is 11.6 Å². The van der Waals surface area contributed by atoms with E-state index in [-0.39, 0.29) is 12.2 Å². The van der Waals surface area contributed by atoms with Crippen molar-refractivity contribution in [1.29, 1.82) is 0 Å². The topological polar surface area (TPSA) is 101 Å². The number of halogens is 1. The number of hydrogen-bond acceptors (Lipinski definition) is 7. The van der Waals surface area contributed by atoms with Crippen LogP contribution >= 0.6 is 11.6 Å². The number of anilines is 1. The van der Waals surface area contributed by atoms with Crippen LogP contribution in [0.4, 0.5) is 5.69 Å². The molecule has 1 unspecified atom stereocenters. The monoisotopic (exact) mass is 423 g/mol. The summed E-state index contributed by atoms with van der Waals surface area (Å²) in [7, 11) is 0. The molecular formula is C20H18ClN7O2. The minimum absolute atomic E-state index is 0.189. The standard InChI is InChI=1S/C20H18ClN7O2/c21-14-3-1-13(2-4-14)17-10-24-28-19(18(17)26-8-5-16(29)12-26)25-27(20(28)30)11-15-9-22-6-7-23-15/h1-4,6-7,9-10,16,29H,5,8,11-12H2. The Morgan fingerprint density at radius 3 is 2.70 bits per heavy atom. The molecule has 30 heavy (non-hydrogen) atoms. The number of hydrogen-bond donors (Lipinski definition) is 1. The van der Waals surface area contributed by atoms with Gasteiger partial charge >= 0.3 is 5.69 Å². The molecule has 1 aliphatic rings. The summed E-state index contributed by atoms with van der Waals surface area (Å²) in [6, 6.07) is 7.42. The molecule has 1 aliphatic heterocycles. The zero-order valence-electron chi connectivity index (χ0n) is 15.9. The van der Waals surface area contributed by atoms with Gasteiger partial charge in [0.05, 0.1) is 36.4 Å². The summed E-state index contributed by atoms with van der Waals surface area (Å²) in [4.78, 5) is 23.2. The molecule has 1 N–H and O–H groups in total. The average molecular weight is 424 g/mol. The Hall–Kier alpha value is -3.30. The highest BCUT2D eigenvalue weighted by atomic mass is 35.5. The summed E-state index contributed by atoms with van der Waals surface area (Å²) in [5, 5.41) is 19.7. The molecule has 3 aromatic heterocycles. The molecule has 9 nitrogen and oxygen atoms in total. The van der Waals surface area contributed by atoms with Crippen molar-refractivity contribution in [3.8, 4) is 11.1 Å².